The van der Waals surface area contributed by atoms with Gasteiger partial charge in [0.25, 0.3) is 0 Å². The zero-order chi connectivity index (χ0) is 15.4. The largest absolute Gasteiger partial charge is 0.495 e. The quantitative estimate of drug-likeness (QED) is 0.856. The second-order valence-corrected chi connectivity index (χ2v) is 5.70. The van der Waals surface area contributed by atoms with Crippen LogP contribution in [-0.2, 0) is 6.54 Å². The van der Waals surface area contributed by atoms with Gasteiger partial charge in [-0.3, -0.25) is 4.98 Å². The highest BCUT2D eigenvalue weighted by Gasteiger charge is 2.31. The number of nitrogens with zero attached hydrogens (tertiary/aromatic N) is 2. The number of aromatic nitrogens is 1. The van der Waals surface area contributed by atoms with Crippen molar-refractivity contribution in [1.82, 2.24) is 9.88 Å². The molecule has 1 heterocycles. The lowest BCUT2D eigenvalue weighted by atomic mass is 10.3. The van der Waals surface area contributed by atoms with Crippen LogP contribution in [0.5, 0.6) is 5.75 Å². The van der Waals surface area contributed by atoms with Crippen molar-refractivity contribution in [2.24, 2.45) is 0 Å². The second kappa shape index (κ2) is 6.75. The first-order chi connectivity index (χ1) is 10.8. The van der Waals surface area contributed by atoms with Crippen molar-refractivity contribution in [2.75, 3.05) is 12.4 Å². The van der Waals surface area contributed by atoms with E-state index >= 15 is 0 Å². The average Bonchev–Trinajstić information content (AvgIpc) is 3.39. The van der Waals surface area contributed by atoms with Gasteiger partial charge in [-0.15, -0.1) is 0 Å². The normalized spacial score (nSPS) is 13.5. The summed E-state index contributed by atoms with van der Waals surface area (Å²) >= 11 is 5.61. The number of ether oxygens (including phenoxy) is 1. The van der Waals surface area contributed by atoms with Crippen LogP contribution in [0.25, 0.3) is 0 Å². The molecule has 0 bridgehead atoms. The molecule has 1 saturated carbocycles. The number of anilines is 1. The maximum Gasteiger partial charge on any atom is 0.174 e. The van der Waals surface area contributed by atoms with Gasteiger partial charge in [-0.25, -0.2) is 0 Å². The Morgan fingerprint density at radius 2 is 2.05 bits per heavy atom. The Kier molecular flexibility index (Phi) is 4.53. The minimum Gasteiger partial charge on any atom is -0.495 e. The molecule has 0 atom stereocenters. The van der Waals surface area contributed by atoms with E-state index in [1.807, 2.05) is 48.7 Å². The SMILES string of the molecule is COc1ccccc1NC(=S)N(Cc1ccccn1)C1CC1. The van der Waals surface area contributed by atoms with E-state index in [0.29, 0.717) is 6.04 Å². The van der Waals surface area contributed by atoms with Crippen LogP contribution in [0, 0.1) is 0 Å². The monoisotopic (exact) mass is 313 g/mol. The standard InChI is InChI=1S/C17H19N3OS/c1-21-16-8-3-2-7-15(16)19-17(22)20(14-9-10-14)12-13-6-4-5-11-18-13/h2-8,11,14H,9-10,12H2,1H3,(H,19,22). The number of thiocarbonyl (C=S) groups is 1. The molecule has 0 spiro atoms. The third-order valence-corrected chi connectivity index (χ3v) is 3.99. The van der Waals surface area contributed by atoms with Gasteiger partial charge >= 0.3 is 0 Å². The molecule has 0 saturated heterocycles. The molecule has 0 unspecified atom stereocenters. The first-order valence-corrected chi connectivity index (χ1v) is 7.79. The Balaban J connectivity index is 1.73. The number of rotatable bonds is 5. The molecule has 114 valence electrons. The zero-order valence-electron chi connectivity index (χ0n) is 12.5. The molecule has 0 radical (unpaired) electrons. The molecule has 1 aromatic heterocycles. The Morgan fingerprint density at radius 1 is 1.27 bits per heavy atom. The van der Waals surface area contributed by atoms with Gasteiger partial charge in [0.05, 0.1) is 25.0 Å². The maximum atomic E-state index is 5.61. The molecule has 4 nitrogen and oxygen atoms in total. The molecule has 5 heteroatoms. The summed E-state index contributed by atoms with van der Waals surface area (Å²) in [6.07, 6.45) is 4.18. The summed E-state index contributed by atoms with van der Waals surface area (Å²) in [4.78, 5) is 6.61. The van der Waals surface area contributed by atoms with Crippen molar-refractivity contribution in [3.8, 4) is 5.75 Å². The van der Waals surface area contributed by atoms with Crippen molar-refractivity contribution in [3.63, 3.8) is 0 Å². The molecule has 3 rings (SSSR count). The maximum absolute atomic E-state index is 5.61. The lowest BCUT2D eigenvalue weighted by Crippen LogP contribution is -2.36. The summed E-state index contributed by atoms with van der Waals surface area (Å²) in [5, 5.41) is 4.03. The number of hydrogen-bond acceptors (Lipinski definition) is 3. The molecule has 0 amide bonds. The van der Waals surface area contributed by atoms with Crippen LogP contribution in [0.2, 0.25) is 0 Å². The Labute approximate surface area is 136 Å². The fourth-order valence-electron chi connectivity index (χ4n) is 2.35. The lowest BCUT2D eigenvalue weighted by Gasteiger charge is -2.26. The van der Waals surface area contributed by atoms with Gasteiger partial charge in [-0.2, -0.15) is 0 Å². The van der Waals surface area contributed by atoms with Crippen LogP contribution in [0.4, 0.5) is 5.69 Å². The fraction of sp³-hybridized carbons (Fsp3) is 0.294. The molecule has 1 fully saturated rings. The highest BCUT2D eigenvalue weighted by Crippen LogP contribution is 2.30. The summed E-state index contributed by atoms with van der Waals surface area (Å²) in [5.74, 6) is 0.790. The summed E-state index contributed by atoms with van der Waals surface area (Å²) < 4.78 is 5.37. The number of hydrogen-bond donors (Lipinski definition) is 1. The molecule has 1 N–H and O–H groups in total. The van der Waals surface area contributed by atoms with Gasteiger partial charge in [0.1, 0.15) is 5.75 Å². The minimum absolute atomic E-state index is 0.511. The highest BCUT2D eigenvalue weighted by atomic mass is 32.1. The van der Waals surface area contributed by atoms with Gasteiger partial charge in [0.2, 0.25) is 0 Å². The van der Waals surface area contributed by atoms with Crippen molar-refractivity contribution >= 4 is 23.0 Å². The van der Waals surface area contributed by atoms with E-state index < -0.39 is 0 Å². The second-order valence-electron chi connectivity index (χ2n) is 5.31. The number of methoxy groups -OCH3 is 1. The Morgan fingerprint density at radius 3 is 2.73 bits per heavy atom. The van der Waals surface area contributed by atoms with Gasteiger partial charge in [0.15, 0.2) is 5.11 Å². The van der Waals surface area contributed by atoms with Crippen molar-refractivity contribution in [3.05, 3.63) is 54.4 Å². The van der Waals surface area contributed by atoms with E-state index in [1.165, 1.54) is 12.8 Å². The highest BCUT2D eigenvalue weighted by molar-refractivity contribution is 7.80. The Bertz CT molecular complexity index is 643. The zero-order valence-corrected chi connectivity index (χ0v) is 13.3. The molecule has 1 aliphatic rings. The van der Waals surface area contributed by atoms with Gasteiger partial charge in [-0.05, 0) is 49.3 Å². The molecule has 2 aromatic rings. The molecule has 1 aromatic carbocycles. The van der Waals surface area contributed by atoms with E-state index in [9.17, 15) is 0 Å². The van der Waals surface area contributed by atoms with Crippen LogP contribution in [0.1, 0.15) is 18.5 Å². The first kappa shape index (κ1) is 14.8. The van der Waals surface area contributed by atoms with Crippen LogP contribution < -0.4 is 10.1 Å². The minimum atomic E-state index is 0.511. The van der Waals surface area contributed by atoms with E-state index in [0.717, 1.165) is 28.8 Å². The predicted octanol–water partition coefficient (Wildman–Crippen LogP) is 3.45. The van der Waals surface area contributed by atoms with Crippen molar-refractivity contribution in [2.45, 2.75) is 25.4 Å². The number of benzene rings is 1. The number of nitrogens with one attached hydrogen (secondary N) is 1. The third kappa shape index (κ3) is 3.54. The molecule has 1 aliphatic carbocycles. The van der Waals surface area contributed by atoms with Gasteiger partial charge in [0, 0.05) is 12.2 Å². The smallest absolute Gasteiger partial charge is 0.174 e. The summed E-state index contributed by atoms with van der Waals surface area (Å²) in [6, 6.07) is 14.3. The Hall–Kier alpha value is -2.14. The number of para-hydroxylation sites is 2. The van der Waals surface area contributed by atoms with Crippen LogP contribution >= 0.6 is 12.2 Å². The van der Waals surface area contributed by atoms with E-state index in [4.69, 9.17) is 17.0 Å². The topological polar surface area (TPSA) is 37.4 Å². The summed E-state index contributed by atoms with van der Waals surface area (Å²) in [7, 11) is 1.66. The predicted molar refractivity (Wildman–Crippen MR) is 92.0 cm³/mol. The summed E-state index contributed by atoms with van der Waals surface area (Å²) in [6.45, 7) is 0.729. The average molecular weight is 313 g/mol. The van der Waals surface area contributed by atoms with Gasteiger partial charge in [-0.1, -0.05) is 18.2 Å². The first-order valence-electron chi connectivity index (χ1n) is 7.38. The third-order valence-electron chi connectivity index (χ3n) is 3.66. The van der Waals surface area contributed by atoms with E-state index in [-0.39, 0.29) is 0 Å². The molecular weight excluding hydrogens is 294 g/mol. The van der Waals surface area contributed by atoms with E-state index in [2.05, 4.69) is 15.2 Å². The fourth-order valence-corrected chi connectivity index (χ4v) is 2.68. The number of pyridine rings is 1. The van der Waals surface area contributed by atoms with Crippen molar-refractivity contribution < 1.29 is 4.74 Å². The lowest BCUT2D eigenvalue weighted by molar-refractivity contribution is 0.402. The summed E-state index contributed by atoms with van der Waals surface area (Å²) in [5.41, 5.74) is 1.92. The van der Waals surface area contributed by atoms with Crippen LogP contribution in [0.15, 0.2) is 48.7 Å². The van der Waals surface area contributed by atoms with E-state index in [1.54, 1.807) is 7.11 Å². The molecular formula is C17H19N3OS. The van der Waals surface area contributed by atoms with Crippen LogP contribution in [0.3, 0.4) is 0 Å². The molecule has 0 aliphatic heterocycles. The van der Waals surface area contributed by atoms with Gasteiger partial charge < -0.3 is 15.0 Å². The van der Waals surface area contributed by atoms with Crippen LogP contribution in [-0.4, -0.2) is 28.1 Å². The van der Waals surface area contributed by atoms with Crippen molar-refractivity contribution in [1.29, 1.82) is 0 Å². The molecule has 22 heavy (non-hydrogen) atoms.